The van der Waals surface area contributed by atoms with Crippen LogP contribution in [0.25, 0.3) is 0 Å². The molecular formula is C19H30N2O2. The smallest absolute Gasteiger partial charge is 0.317 e. The van der Waals surface area contributed by atoms with Crippen LogP contribution in [0.5, 0.6) is 5.75 Å². The summed E-state index contributed by atoms with van der Waals surface area (Å²) in [5.41, 5.74) is 1.09. The summed E-state index contributed by atoms with van der Waals surface area (Å²) in [6.45, 7) is 5.66. The lowest BCUT2D eigenvalue weighted by atomic mass is 9.86. The van der Waals surface area contributed by atoms with Gasteiger partial charge in [0.2, 0.25) is 0 Å². The number of hydrogen-bond acceptors (Lipinski definition) is 2. The Morgan fingerprint density at radius 3 is 2.70 bits per heavy atom. The van der Waals surface area contributed by atoms with Crippen LogP contribution in [0.2, 0.25) is 0 Å². The number of nitrogens with zero attached hydrogens (tertiary/aromatic N) is 1. The second-order valence-corrected chi connectivity index (χ2v) is 6.69. The second kappa shape index (κ2) is 8.80. The van der Waals surface area contributed by atoms with Crippen molar-refractivity contribution in [3.05, 3.63) is 29.8 Å². The molecule has 0 saturated heterocycles. The average Bonchev–Trinajstić information content (AvgIpc) is 2.58. The van der Waals surface area contributed by atoms with E-state index in [9.17, 15) is 4.79 Å². The van der Waals surface area contributed by atoms with E-state index in [4.69, 9.17) is 4.74 Å². The molecule has 0 aromatic heterocycles. The Labute approximate surface area is 140 Å². The van der Waals surface area contributed by atoms with Gasteiger partial charge in [0.15, 0.2) is 0 Å². The lowest BCUT2D eigenvalue weighted by Crippen LogP contribution is -2.45. The molecular weight excluding hydrogens is 288 g/mol. The molecule has 23 heavy (non-hydrogen) atoms. The molecule has 2 unspecified atom stereocenters. The summed E-state index contributed by atoms with van der Waals surface area (Å²) in [4.78, 5) is 14.2. The third-order valence-electron chi connectivity index (χ3n) is 4.62. The number of ether oxygens (including phenoxy) is 1. The van der Waals surface area contributed by atoms with Gasteiger partial charge in [-0.2, -0.15) is 0 Å². The first kappa shape index (κ1) is 17.6. The summed E-state index contributed by atoms with van der Waals surface area (Å²) < 4.78 is 5.57. The van der Waals surface area contributed by atoms with Gasteiger partial charge < -0.3 is 15.0 Å². The number of nitrogens with one attached hydrogen (secondary N) is 1. The predicted octanol–water partition coefficient (Wildman–Crippen LogP) is 4.20. The lowest BCUT2D eigenvalue weighted by molar-refractivity contribution is 0.160. The minimum absolute atomic E-state index is 0.0235. The number of carbonyl (C=O) groups excluding carboxylic acids is 1. The van der Waals surface area contributed by atoms with Gasteiger partial charge in [-0.05, 0) is 42.9 Å². The summed E-state index contributed by atoms with van der Waals surface area (Å²) >= 11 is 0. The number of amides is 2. The summed E-state index contributed by atoms with van der Waals surface area (Å²) in [6, 6.07) is 8.34. The highest BCUT2D eigenvalue weighted by atomic mass is 16.5. The van der Waals surface area contributed by atoms with Crippen LogP contribution in [0.1, 0.15) is 51.5 Å². The molecule has 0 radical (unpaired) electrons. The molecule has 2 amide bonds. The van der Waals surface area contributed by atoms with E-state index in [1.165, 1.54) is 12.8 Å². The maximum atomic E-state index is 12.3. The molecule has 2 atom stereocenters. The molecule has 4 heteroatoms. The summed E-state index contributed by atoms with van der Waals surface area (Å²) in [5, 5.41) is 3.02. The van der Waals surface area contributed by atoms with Crippen molar-refractivity contribution in [3.63, 3.8) is 0 Å². The summed E-state index contributed by atoms with van der Waals surface area (Å²) in [7, 11) is 1.92. The molecule has 1 aliphatic rings. The van der Waals surface area contributed by atoms with E-state index in [-0.39, 0.29) is 6.03 Å². The van der Waals surface area contributed by atoms with Crippen molar-refractivity contribution in [2.24, 2.45) is 5.92 Å². The highest BCUT2D eigenvalue weighted by Gasteiger charge is 2.25. The Morgan fingerprint density at radius 2 is 2.04 bits per heavy atom. The van der Waals surface area contributed by atoms with Crippen LogP contribution >= 0.6 is 0 Å². The monoisotopic (exact) mass is 318 g/mol. The third kappa shape index (κ3) is 5.45. The van der Waals surface area contributed by atoms with E-state index in [2.05, 4.69) is 19.2 Å². The Kier molecular flexibility index (Phi) is 6.75. The maximum absolute atomic E-state index is 12.3. The lowest BCUT2D eigenvalue weighted by Gasteiger charge is -2.34. The van der Waals surface area contributed by atoms with Gasteiger partial charge in [0, 0.05) is 19.6 Å². The van der Waals surface area contributed by atoms with Crippen molar-refractivity contribution in [2.45, 2.75) is 58.5 Å². The highest BCUT2D eigenvalue weighted by Crippen LogP contribution is 2.26. The van der Waals surface area contributed by atoms with Crippen LogP contribution in [0.15, 0.2) is 24.3 Å². The fraction of sp³-hybridized carbons (Fsp3) is 0.632. The summed E-state index contributed by atoms with van der Waals surface area (Å²) in [5.74, 6) is 1.61. The molecule has 1 fully saturated rings. The second-order valence-electron chi connectivity index (χ2n) is 6.69. The van der Waals surface area contributed by atoms with Crippen LogP contribution in [-0.2, 0) is 6.54 Å². The molecule has 1 N–H and O–H groups in total. The minimum atomic E-state index is 0.0235. The van der Waals surface area contributed by atoms with E-state index in [0.717, 1.165) is 43.1 Å². The topological polar surface area (TPSA) is 41.6 Å². The van der Waals surface area contributed by atoms with Gasteiger partial charge >= 0.3 is 6.03 Å². The van der Waals surface area contributed by atoms with Crippen molar-refractivity contribution in [3.8, 4) is 5.75 Å². The van der Waals surface area contributed by atoms with Gasteiger partial charge in [-0.25, -0.2) is 4.79 Å². The number of rotatable bonds is 6. The zero-order valence-corrected chi connectivity index (χ0v) is 14.7. The highest BCUT2D eigenvalue weighted by molar-refractivity contribution is 5.74. The fourth-order valence-electron chi connectivity index (χ4n) is 3.15. The van der Waals surface area contributed by atoms with Crippen LogP contribution in [0, 0.1) is 5.92 Å². The van der Waals surface area contributed by atoms with Crippen molar-refractivity contribution in [1.29, 1.82) is 0 Å². The molecule has 0 heterocycles. The zero-order chi connectivity index (χ0) is 16.7. The molecule has 1 saturated carbocycles. The average molecular weight is 318 g/mol. The van der Waals surface area contributed by atoms with Crippen molar-refractivity contribution >= 4 is 6.03 Å². The van der Waals surface area contributed by atoms with E-state index < -0.39 is 0 Å². The Balaban J connectivity index is 1.79. The van der Waals surface area contributed by atoms with Crippen molar-refractivity contribution in [1.82, 2.24) is 10.2 Å². The molecule has 0 bridgehead atoms. The molecule has 0 aliphatic heterocycles. The largest absolute Gasteiger partial charge is 0.494 e. The fourth-order valence-corrected chi connectivity index (χ4v) is 3.15. The normalized spacial score (nSPS) is 20.8. The predicted molar refractivity (Wildman–Crippen MR) is 93.6 cm³/mol. The van der Waals surface area contributed by atoms with Gasteiger partial charge in [0.25, 0.3) is 0 Å². The standard InChI is InChI=1S/C19H30N2O2/c1-4-12-23-18-10-8-16(9-11-18)14-20-19(22)21(3)17-7-5-6-15(2)13-17/h8-11,15,17H,4-7,12-14H2,1-3H3,(H,20,22). The van der Waals surface area contributed by atoms with E-state index in [0.29, 0.717) is 12.6 Å². The van der Waals surface area contributed by atoms with E-state index >= 15 is 0 Å². The molecule has 1 aromatic rings. The van der Waals surface area contributed by atoms with Crippen LogP contribution in [0.4, 0.5) is 4.79 Å². The Hall–Kier alpha value is -1.71. The number of hydrogen-bond donors (Lipinski definition) is 1. The molecule has 1 aromatic carbocycles. The Morgan fingerprint density at radius 1 is 1.30 bits per heavy atom. The number of benzene rings is 1. The van der Waals surface area contributed by atoms with Crippen molar-refractivity contribution in [2.75, 3.05) is 13.7 Å². The van der Waals surface area contributed by atoms with Crippen LogP contribution < -0.4 is 10.1 Å². The van der Waals surface area contributed by atoms with E-state index in [1.807, 2.05) is 36.2 Å². The number of urea groups is 1. The van der Waals surface area contributed by atoms with Gasteiger partial charge in [0.1, 0.15) is 5.75 Å². The first-order valence-electron chi connectivity index (χ1n) is 8.82. The number of carbonyl (C=O) groups is 1. The van der Waals surface area contributed by atoms with Gasteiger partial charge in [0.05, 0.1) is 6.61 Å². The quantitative estimate of drug-likeness (QED) is 0.854. The first-order valence-corrected chi connectivity index (χ1v) is 8.82. The Bertz CT molecular complexity index is 487. The zero-order valence-electron chi connectivity index (χ0n) is 14.7. The van der Waals surface area contributed by atoms with Gasteiger partial charge in [-0.15, -0.1) is 0 Å². The SMILES string of the molecule is CCCOc1ccc(CNC(=O)N(C)C2CCCC(C)C2)cc1. The summed E-state index contributed by atoms with van der Waals surface area (Å²) in [6.07, 6.45) is 5.76. The molecule has 0 spiro atoms. The molecule has 4 nitrogen and oxygen atoms in total. The molecule has 1 aliphatic carbocycles. The van der Waals surface area contributed by atoms with Crippen molar-refractivity contribution < 1.29 is 9.53 Å². The van der Waals surface area contributed by atoms with Crippen LogP contribution in [0.3, 0.4) is 0 Å². The van der Waals surface area contributed by atoms with Crippen LogP contribution in [-0.4, -0.2) is 30.6 Å². The molecule has 128 valence electrons. The maximum Gasteiger partial charge on any atom is 0.317 e. The minimum Gasteiger partial charge on any atom is -0.494 e. The van der Waals surface area contributed by atoms with E-state index in [1.54, 1.807) is 0 Å². The van der Waals surface area contributed by atoms with Gasteiger partial charge in [-0.1, -0.05) is 38.8 Å². The van der Waals surface area contributed by atoms with Gasteiger partial charge in [-0.3, -0.25) is 0 Å². The third-order valence-corrected chi connectivity index (χ3v) is 4.62. The molecule has 2 rings (SSSR count). The first-order chi connectivity index (χ1) is 11.1.